The predicted molar refractivity (Wildman–Crippen MR) is 85.1 cm³/mol. The molecule has 0 aliphatic rings. The Balaban J connectivity index is 2.53. The van der Waals surface area contributed by atoms with E-state index < -0.39 is 0 Å². The topological polar surface area (TPSA) is 24.9 Å². The van der Waals surface area contributed by atoms with Crippen molar-refractivity contribution in [2.75, 3.05) is 6.54 Å². The monoisotopic (exact) mass is 268 g/mol. The van der Waals surface area contributed by atoms with Gasteiger partial charge in [0.05, 0.1) is 11.7 Å². The van der Waals surface area contributed by atoms with Crippen molar-refractivity contribution in [1.82, 2.24) is 10.3 Å². The largest absolute Gasteiger partial charge is 0.305 e. The molecule has 2 rings (SSSR count). The summed E-state index contributed by atoms with van der Waals surface area (Å²) in [6, 6.07) is 8.87. The minimum absolute atomic E-state index is 0.167. The van der Waals surface area contributed by atoms with Crippen LogP contribution in [-0.4, -0.2) is 11.5 Å². The fourth-order valence-electron chi connectivity index (χ4n) is 2.67. The van der Waals surface area contributed by atoms with Crippen LogP contribution in [0.15, 0.2) is 30.5 Å². The van der Waals surface area contributed by atoms with Crippen molar-refractivity contribution < 1.29 is 0 Å². The van der Waals surface area contributed by atoms with Gasteiger partial charge in [-0.3, -0.25) is 4.98 Å². The van der Waals surface area contributed by atoms with Crippen LogP contribution < -0.4 is 5.32 Å². The number of nitrogens with zero attached hydrogens (tertiary/aromatic N) is 1. The summed E-state index contributed by atoms with van der Waals surface area (Å²) < 4.78 is 0. The summed E-state index contributed by atoms with van der Waals surface area (Å²) in [7, 11) is 0. The second kappa shape index (κ2) is 6.19. The van der Waals surface area contributed by atoms with E-state index in [0.29, 0.717) is 0 Å². The molecular weight excluding hydrogens is 244 g/mol. The molecule has 0 aliphatic heterocycles. The third-order valence-corrected chi connectivity index (χ3v) is 3.89. The zero-order valence-corrected chi connectivity index (χ0v) is 13.1. The predicted octanol–water partition coefficient (Wildman–Crippen LogP) is 4.01. The van der Waals surface area contributed by atoms with E-state index in [1.807, 2.05) is 6.20 Å². The normalized spacial score (nSPS) is 12.4. The molecule has 1 aromatic heterocycles. The van der Waals surface area contributed by atoms with Gasteiger partial charge in [0.25, 0.3) is 0 Å². The standard InChI is InChI=1S/C18H24N2/c1-6-19-18(16-9-7-8-13(3)15(16)5)17-14(4)10-12(2)11-20-17/h7-11,18-19H,6H2,1-5H3. The lowest BCUT2D eigenvalue weighted by Crippen LogP contribution is -2.24. The highest BCUT2D eigenvalue weighted by molar-refractivity contribution is 5.41. The van der Waals surface area contributed by atoms with Gasteiger partial charge >= 0.3 is 0 Å². The van der Waals surface area contributed by atoms with Crippen LogP contribution in [0.1, 0.15) is 46.5 Å². The first-order valence-corrected chi connectivity index (χ1v) is 7.27. The number of pyridine rings is 1. The molecule has 1 unspecified atom stereocenters. The van der Waals surface area contributed by atoms with Crippen molar-refractivity contribution in [2.45, 2.75) is 40.7 Å². The molecule has 0 aliphatic carbocycles. The van der Waals surface area contributed by atoms with Gasteiger partial charge in [0.1, 0.15) is 0 Å². The van der Waals surface area contributed by atoms with Gasteiger partial charge in [-0.15, -0.1) is 0 Å². The maximum atomic E-state index is 4.68. The van der Waals surface area contributed by atoms with Crippen molar-refractivity contribution in [1.29, 1.82) is 0 Å². The molecular formula is C18H24N2. The average molecular weight is 268 g/mol. The third-order valence-electron chi connectivity index (χ3n) is 3.89. The molecule has 0 spiro atoms. The summed E-state index contributed by atoms with van der Waals surface area (Å²) in [6.45, 7) is 11.7. The molecule has 106 valence electrons. The van der Waals surface area contributed by atoms with Crippen LogP contribution in [0.3, 0.4) is 0 Å². The van der Waals surface area contributed by atoms with Gasteiger partial charge in [-0.25, -0.2) is 0 Å². The zero-order chi connectivity index (χ0) is 14.7. The Morgan fingerprint density at radius 1 is 1.10 bits per heavy atom. The summed E-state index contributed by atoms with van der Waals surface area (Å²) in [6.07, 6.45) is 1.96. The van der Waals surface area contributed by atoms with Gasteiger partial charge < -0.3 is 5.32 Å². The van der Waals surface area contributed by atoms with E-state index >= 15 is 0 Å². The first kappa shape index (κ1) is 14.7. The van der Waals surface area contributed by atoms with Gasteiger partial charge in [0.15, 0.2) is 0 Å². The fourth-order valence-corrected chi connectivity index (χ4v) is 2.67. The summed E-state index contributed by atoms with van der Waals surface area (Å²) in [5, 5.41) is 3.58. The summed E-state index contributed by atoms with van der Waals surface area (Å²) in [5.74, 6) is 0. The van der Waals surface area contributed by atoms with Crippen LogP contribution in [0.25, 0.3) is 0 Å². The molecule has 0 amide bonds. The van der Waals surface area contributed by atoms with E-state index in [9.17, 15) is 0 Å². The number of rotatable bonds is 4. The maximum Gasteiger partial charge on any atom is 0.0756 e. The third kappa shape index (κ3) is 2.91. The van der Waals surface area contributed by atoms with Gasteiger partial charge in [0.2, 0.25) is 0 Å². The molecule has 0 fully saturated rings. The molecule has 0 saturated carbocycles. The van der Waals surface area contributed by atoms with Crippen LogP contribution in [0.2, 0.25) is 0 Å². The number of aryl methyl sites for hydroxylation is 3. The van der Waals surface area contributed by atoms with E-state index in [4.69, 9.17) is 0 Å². The van der Waals surface area contributed by atoms with E-state index in [0.717, 1.165) is 12.2 Å². The zero-order valence-electron chi connectivity index (χ0n) is 13.1. The molecule has 1 heterocycles. The number of nitrogens with one attached hydrogen (secondary N) is 1. The van der Waals surface area contributed by atoms with Crippen LogP contribution in [0, 0.1) is 27.7 Å². The lowest BCUT2D eigenvalue weighted by molar-refractivity contribution is 0.608. The van der Waals surface area contributed by atoms with Crippen molar-refractivity contribution in [2.24, 2.45) is 0 Å². The number of hydrogen-bond donors (Lipinski definition) is 1. The molecule has 20 heavy (non-hydrogen) atoms. The Bertz CT molecular complexity index is 602. The van der Waals surface area contributed by atoms with Crippen molar-refractivity contribution in [3.8, 4) is 0 Å². The second-order valence-electron chi connectivity index (χ2n) is 5.49. The second-order valence-corrected chi connectivity index (χ2v) is 5.49. The Labute approximate surface area is 122 Å². The molecule has 0 saturated heterocycles. The lowest BCUT2D eigenvalue weighted by Gasteiger charge is -2.22. The van der Waals surface area contributed by atoms with Crippen LogP contribution >= 0.6 is 0 Å². The molecule has 0 radical (unpaired) electrons. The van der Waals surface area contributed by atoms with E-state index in [2.05, 4.69) is 69.2 Å². The molecule has 2 aromatic rings. The van der Waals surface area contributed by atoms with Gasteiger partial charge in [-0.2, -0.15) is 0 Å². The minimum Gasteiger partial charge on any atom is -0.305 e. The first-order chi connectivity index (χ1) is 9.54. The summed E-state index contributed by atoms with van der Waals surface area (Å²) in [5.41, 5.74) is 7.59. The van der Waals surface area contributed by atoms with Crippen molar-refractivity contribution >= 4 is 0 Å². The molecule has 1 aromatic carbocycles. The SMILES string of the molecule is CCNC(c1cccc(C)c1C)c1ncc(C)cc1C. The highest BCUT2D eigenvalue weighted by Gasteiger charge is 2.19. The number of benzene rings is 1. The Kier molecular flexibility index (Phi) is 4.56. The number of hydrogen-bond acceptors (Lipinski definition) is 2. The molecule has 1 N–H and O–H groups in total. The molecule has 2 heteroatoms. The quantitative estimate of drug-likeness (QED) is 0.906. The molecule has 2 nitrogen and oxygen atoms in total. The van der Waals surface area contributed by atoms with Crippen LogP contribution in [0.5, 0.6) is 0 Å². The Morgan fingerprint density at radius 3 is 2.50 bits per heavy atom. The van der Waals surface area contributed by atoms with E-state index in [-0.39, 0.29) is 6.04 Å². The lowest BCUT2D eigenvalue weighted by atomic mass is 9.93. The van der Waals surface area contributed by atoms with Crippen LogP contribution in [-0.2, 0) is 0 Å². The summed E-state index contributed by atoms with van der Waals surface area (Å²) >= 11 is 0. The summed E-state index contributed by atoms with van der Waals surface area (Å²) in [4.78, 5) is 4.68. The Morgan fingerprint density at radius 2 is 1.85 bits per heavy atom. The average Bonchev–Trinajstić information content (AvgIpc) is 2.40. The highest BCUT2D eigenvalue weighted by Crippen LogP contribution is 2.27. The minimum atomic E-state index is 0.167. The van der Waals surface area contributed by atoms with Crippen molar-refractivity contribution in [3.63, 3.8) is 0 Å². The molecule has 0 bridgehead atoms. The van der Waals surface area contributed by atoms with Gasteiger partial charge in [0, 0.05) is 6.20 Å². The number of aromatic nitrogens is 1. The van der Waals surface area contributed by atoms with E-state index in [1.165, 1.54) is 27.8 Å². The van der Waals surface area contributed by atoms with E-state index in [1.54, 1.807) is 0 Å². The molecule has 1 atom stereocenters. The fraction of sp³-hybridized carbons (Fsp3) is 0.389. The first-order valence-electron chi connectivity index (χ1n) is 7.27. The van der Waals surface area contributed by atoms with Crippen molar-refractivity contribution in [3.05, 3.63) is 64.0 Å². The van der Waals surface area contributed by atoms with Gasteiger partial charge in [-0.1, -0.05) is 31.2 Å². The van der Waals surface area contributed by atoms with Gasteiger partial charge in [-0.05, 0) is 62.1 Å². The van der Waals surface area contributed by atoms with Crippen LogP contribution in [0.4, 0.5) is 0 Å². The smallest absolute Gasteiger partial charge is 0.0756 e. The maximum absolute atomic E-state index is 4.68. The Hall–Kier alpha value is -1.67. The highest BCUT2D eigenvalue weighted by atomic mass is 14.9.